The van der Waals surface area contributed by atoms with Crippen molar-refractivity contribution >= 4 is 0 Å². The van der Waals surface area contributed by atoms with Crippen molar-refractivity contribution < 1.29 is 6.08 Å². The molecule has 0 amide bonds. The van der Waals surface area contributed by atoms with E-state index in [2.05, 4.69) is 19.8 Å². The van der Waals surface area contributed by atoms with Gasteiger partial charge in [0.05, 0.1) is 0 Å². The average molecular weight is 57.1 g/mol. The Labute approximate surface area is 27.2 Å². The largest absolute Gasteiger partial charge is 1.00 e. The summed E-state index contributed by atoms with van der Waals surface area (Å²) in [6.45, 7) is 10.5. The zero-order valence-electron chi connectivity index (χ0n) is 3.32. The van der Waals surface area contributed by atoms with Crippen molar-refractivity contribution in [2.45, 2.75) is 0 Å². The Kier molecular flexibility index (Phi) is 49.1. The summed E-state index contributed by atoms with van der Waals surface area (Å²) < 4.78 is 7.50. The van der Waals surface area contributed by atoms with Gasteiger partial charge in [-0.25, -0.2) is 0 Å². The molecule has 0 aromatic rings. The molecule has 0 aliphatic heterocycles. The fraction of sp³-hybridized carbons (Fsp3) is 0. The van der Waals surface area contributed by atoms with Crippen LogP contribution < -0.4 is 0 Å². The van der Waals surface area contributed by atoms with Crippen molar-refractivity contribution in [1.82, 2.24) is 0 Å². The van der Waals surface area contributed by atoms with E-state index in [-0.39, 0.29) is 1.43 Å². The molecule has 0 aromatic heterocycles. The Morgan fingerprint density at radius 3 is 1.50 bits per heavy atom. The second-order valence-electron chi connectivity index (χ2n) is 0. The molecular formula is C3H5O+. The smallest absolute Gasteiger partial charge is 1.00 e. The van der Waals surface area contributed by atoms with E-state index < -0.39 is 0 Å². The Bertz CT molecular complexity index is 18.1. The van der Waals surface area contributed by atoms with E-state index in [1.165, 1.54) is 0 Å². The van der Waals surface area contributed by atoms with Gasteiger partial charge >= 0.3 is 12.7 Å². The molecule has 0 aromatic carbocycles. The van der Waals surface area contributed by atoms with Crippen LogP contribution in [0.2, 0.25) is 0 Å². The Balaban J connectivity index is -0.0000000133. The van der Waals surface area contributed by atoms with Crippen molar-refractivity contribution in [2.75, 3.05) is 0 Å². The maximum Gasteiger partial charge on any atom is 1.00 e. The molecule has 0 radical (unpaired) electrons. The van der Waals surface area contributed by atoms with Crippen molar-refractivity contribution in [3.8, 4) is 0 Å². The SMILES string of the molecule is C=C.[C-]#[O+].[H+]. The van der Waals surface area contributed by atoms with Crippen LogP contribution in [-0.2, 0) is 4.65 Å². The van der Waals surface area contributed by atoms with Crippen LogP contribution in [0.4, 0.5) is 0 Å². The second kappa shape index (κ2) is 20.1. The average Bonchev–Trinajstić information content (AvgIpc) is 1.50. The van der Waals surface area contributed by atoms with Crippen LogP contribution in [0.15, 0.2) is 13.2 Å². The van der Waals surface area contributed by atoms with E-state index in [0.29, 0.717) is 0 Å². The fourth-order valence-electron chi connectivity index (χ4n) is 0. The molecule has 0 atom stereocenters. The van der Waals surface area contributed by atoms with Gasteiger partial charge in [-0.2, -0.15) is 0 Å². The molecule has 0 saturated heterocycles. The van der Waals surface area contributed by atoms with E-state index in [1.807, 2.05) is 0 Å². The Morgan fingerprint density at radius 2 is 1.50 bits per heavy atom. The quantitative estimate of drug-likeness (QED) is 0.223. The molecule has 1 heteroatoms. The third-order valence-corrected chi connectivity index (χ3v) is 0. The summed E-state index contributed by atoms with van der Waals surface area (Å²) in [5.41, 5.74) is 0. The molecule has 0 unspecified atom stereocenters. The first-order valence-electron chi connectivity index (χ1n) is 0.704. The molecule has 0 fully saturated rings. The van der Waals surface area contributed by atoms with Gasteiger partial charge in [0, 0.05) is 0 Å². The van der Waals surface area contributed by atoms with Gasteiger partial charge in [-0.1, -0.05) is 0 Å². The maximum absolute atomic E-state index is 7.50. The molecule has 0 rings (SSSR count). The first kappa shape index (κ1) is 9.77. The molecule has 4 heavy (non-hydrogen) atoms. The Morgan fingerprint density at radius 1 is 1.50 bits per heavy atom. The first-order valence-corrected chi connectivity index (χ1v) is 0.704. The summed E-state index contributed by atoms with van der Waals surface area (Å²) in [5, 5.41) is 0. The summed E-state index contributed by atoms with van der Waals surface area (Å²) in [6, 6.07) is 0. The van der Waals surface area contributed by atoms with Gasteiger partial charge in [0.15, 0.2) is 0 Å². The van der Waals surface area contributed by atoms with E-state index in [0.717, 1.165) is 0 Å². The van der Waals surface area contributed by atoms with Crippen LogP contribution in [0.3, 0.4) is 0 Å². The van der Waals surface area contributed by atoms with Gasteiger partial charge in [0.25, 0.3) is 0 Å². The van der Waals surface area contributed by atoms with E-state index in [9.17, 15) is 0 Å². The zero-order valence-corrected chi connectivity index (χ0v) is 2.32. The van der Waals surface area contributed by atoms with Gasteiger partial charge < -0.3 is 0 Å². The third-order valence-electron chi connectivity index (χ3n) is 0. The van der Waals surface area contributed by atoms with Crippen LogP contribution in [0, 0.1) is 6.65 Å². The fourth-order valence-corrected chi connectivity index (χ4v) is 0. The topological polar surface area (TPSA) is 19.9 Å². The normalized spacial score (nSPS) is 1.50. The maximum atomic E-state index is 7.50. The molecule has 0 aliphatic carbocycles. The first-order chi connectivity index (χ1) is 2.00. The van der Waals surface area contributed by atoms with Crippen LogP contribution >= 0.6 is 0 Å². The van der Waals surface area contributed by atoms with Crippen LogP contribution in [0.1, 0.15) is 1.43 Å². The van der Waals surface area contributed by atoms with Crippen molar-refractivity contribution in [1.29, 1.82) is 0 Å². The van der Waals surface area contributed by atoms with Gasteiger partial charge in [-0.05, 0) is 0 Å². The number of hydrogen-bond acceptors (Lipinski definition) is 0. The molecule has 22 valence electrons. The molecule has 0 saturated carbocycles. The minimum atomic E-state index is 0. The Hall–Kier alpha value is -0.520. The minimum absolute atomic E-state index is 0. The van der Waals surface area contributed by atoms with E-state index in [1.54, 1.807) is 0 Å². The summed E-state index contributed by atoms with van der Waals surface area (Å²) in [7, 11) is 0. The van der Waals surface area contributed by atoms with Gasteiger partial charge in [0.2, 0.25) is 0 Å². The molecule has 0 bridgehead atoms. The number of rotatable bonds is 0. The zero-order chi connectivity index (χ0) is 4.00. The van der Waals surface area contributed by atoms with Crippen LogP contribution in [-0.4, -0.2) is 0 Å². The van der Waals surface area contributed by atoms with E-state index >= 15 is 0 Å². The van der Waals surface area contributed by atoms with Gasteiger partial charge in [-0.15, -0.1) is 13.2 Å². The molecular weight excluding hydrogens is 52.0 g/mol. The summed E-state index contributed by atoms with van der Waals surface area (Å²) in [4.78, 5) is 0. The standard InChI is InChI=1S/C2H4.CO/c2*1-2/h1-2H2;/p+1. The molecule has 0 heterocycles. The van der Waals surface area contributed by atoms with E-state index in [4.69, 9.17) is 4.65 Å². The molecule has 0 aliphatic rings. The number of hydrogen-bond donors (Lipinski definition) is 0. The van der Waals surface area contributed by atoms with Gasteiger partial charge in [0.1, 0.15) is 0 Å². The van der Waals surface area contributed by atoms with Crippen molar-refractivity contribution in [3.63, 3.8) is 0 Å². The predicted octanol–water partition coefficient (Wildman–Crippen LogP) is 0.877. The molecule has 0 N–H and O–H groups in total. The summed E-state index contributed by atoms with van der Waals surface area (Å²) >= 11 is 0. The molecule has 0 spiro atoms. The van der Waals surface area contributed by atoms with Crippen molar-refractivity contribution in [3.05, 3.63) is 19.8 Å². The summed E-state index contributed by atoms with van der Waals surface area (Å²) in [6.07, 6.45) is 0. The van der Waals surface area contributed by atoms with Crippen LogP contribution in [0.5, 0.6) is 0 Å². The minimum Gasteiger partial charge on any atom is 1.00 e. The van der Waals surface area contributed by atoms with Gasteiger partial charge in [-0.3, -0.25) is 0 Å². The second-order valence-corrected chi connectivity index (χ2v) is 0. The monoisotopic (exact) mass is 57.0 g/mol. The van der Waals surface area contributed by atoms with Crippen molar-refractivity contribution in [2.24, 2.45) is 0 Å². The summed E-state index contributed by atoms with van der Waals surface area (Å²) in [5.74, 6) is 0. The molecule has 1 nitrogen and oxygen atoms in total. The predicted molar refractivity (Wildman–Crippen MR) is 16.3 cm³/mol. The third kappa shape index (κ3) is 1.26. The van der Waals surface area contributed by atoms with Crippen LogP contribution in [0.25, 0.3) is 0 Å².